The average Bonchev–Trinajstić information content (AvgIpc) is 2.87. The molecule has 5 atom stereocenters. The number of fused-ring (bicyclic) bond motifs is 4. The van der Waals surface area contributed by atoms with Crippen LogP contribution in [0.1, 0.15) is 49.1 Å². The zero-order valence-corrected chi connectivity index (χ0v) is 20.5. The Hall–Kier alpha value is -2.47. The third kappa shape index (κ3) is 4.83. The second-order valence-corrected chi connectivity index (χ2v) is 9.36. The molecule has 0 aliphatic carbocycles. The van der Waals surface area contributed by atoms with Gasteiger partial charge in [0.15, 0.2) is 0 Å². The zero-order valence-electron chi connectivity index (χ0n) is 19.7. The lowest BCUT2D eigenvalue weighted by Gasteiger charge is -2.51. The van der Waals surface area contributed by atoms with Crippen molar-refractivity contribution in [1.29, 1.82) is 0 Å². The molecule has 2 bridgehead atoms. The van der Waals surface area contributed by atoms with Crippen molar-refractivity contribution in [2.24, 2.45) is 11.8 Å². The molecule has 6 rings (SSSR count). The highest BCUT2D eigenvalue weighted by atomic mass is 35.5. The van der Waals surface area contributed by atoms with Crippen LogP contribution in [-0.2, 0) is 0 Å². The number of halogens is 2. The molecule has 180 valence electrons. The van der Waals surface area contributed by atoms with Crippen molar-refractivity contribution in [2.45, 2.75) is 38.3 Å². The largest absolute Gasteiger partial charge is 0.497 e. The lowest BCUT2D eigenvalue weighted by molar-refractivity contribution is -0.0562. The summed E-state index contributed by atoms with van der Waals surface area (Å²) in [6.45, 7) is 4.42. The number of ether oxygens (including phenoxy) is 1. The molecule has 0 amide bonds. The summed E-state index contributed by atoms with van der Waals surface area (Å²) in [5, 5.41) is 12.6. The van der Waals surface area contributed by atoms with E-state index in [2.05, 4.69) is 11.8 Å². The lowest BCUT2D eigenvalue weighted by atomic mass is 9.72. The molecule has 34 heavy (non-hydrogen) atoms. The van der Waals surface area contributed by atoms with E-state index >= 15 is 0 Å². The van der Waals surface area contributed by atoms with Crippen molar-refractivity contribution in [3.05, 3.63) is 71.2 Å². The number of benzene rings is 2. The van der Waals surface area contributed by atoms with Gasteiger partial charge in [-0.05, 0) is 84.8 Å². The van der Waals surface area contributed by atoms with Crippen LogP contribution in [-0.4, -0.2) is 41.2 Å². The average molecular weight is 483 g/mol. The van der Waals surface area contributed by atoms with Gasteiger partial charge in [-0.15, -0.1) is 12.4 Å². The van der Waals surface area contributed by atoms with Gasteiger partial charge in [0, 0.05) is 18.0 Å². The molecule has 3 saturated heterocycles. The van der Waals surface area contributed by atoms with Crippen molar-refractivity contribution < 1.29 is 14.2 Å². The number of piperidine rings is 3. The summed E-state index contributed by atoms with van der Waals surface area (Å²) in [5.74, 6) is 1.94. The summed E-state index contributed by atoms with van der Waals surface area (Å²) in [6, 6.07) is 14.3. The molecule has 0 saturated carbocycles. The minimum absolute atomic E-state index is 0. The standard InChI is InChI=1S/C28H31FN2O2.ClH/c1-3-19-17-31-13-12-20(19)14-27(31)28(32)25-15-22(9-6-18-4-7-21(29)8-5-18)30-26-11-10-23(33-2)16-24(25)26;/h4-11,15-16,19-20,27-28,32H,3,12-14,17H2,1-2H3;1H/b9-6+;/t19-,20+,27-,28+;/m0./s1. The number of aromatic nitrogens is 1. The Morgan fingerprint density at radius 1 is 1.18 bits per heavy atom. The van der Waals surface area contributed by atoms with Crippen LogP contribution in [0.2, 0.25) is 0 Å². The fourth-order valence-corrected chi connectivity index (χ4v) is 5.64. The normalized spacial score (nSPS) is 24.8. The second-order valence-electron chi connectivity index (χ2n) is 9.36. The van der Waals surface area contributed by atoms with Crippen LogP contribution in [0.5, 0.6) is 5.75 Å². The van der Waals surface area contributed by atoms with Crippen molar-refractivity contribution in [3.63, 3.8) is 0 Å². The van der Waals surface area contributed by atoms with Gasteiger partial charge in [-0.3, -0.25) is 4.90 Å². The number of hydrogen-bond donors (Lipinski definition) is 1. The maximum Gasteiger partial charge on any atom is 0.123 e. The van der Waals surface area contributed by atoms with Crippen LogP contribution in [0.3, 0.4) is 0 Å². The van der Waals surface area contributed by atoms with E-state index in [1.54, 1.807) is 19.2 Å². The SMILES string of the molecule is CC[C@H]1CN2CC[C@@H]1C[C@H]2[C@H](O)c1cc(/C=C/c2ccc(F)cc2)nc2ccc(OC)cc12.Cl. The molecular weight excluding hydrogens is 451 g/mol. The summed E-state index contributed by atoms with van der Waals surface area (Å²) in [5.41, 5.74) is 3.39. The Balaban J connectivity index is 0.00000274. The first-order chi connectivity index (χ1) is 16.1. The van der Waals surface area contributed by atoms with Gasteiger partial charge in [0.1, 0.15) is 11.6 Å². The van der Waals surface area contributed by atoms with E-state index in [1.165, 1.54) is 25.0 Å². The molecule has 1 aromatic heterocycles. The van der Waals surface area contributed by atoms with Gasteiger partial charge in [-0.2, -0.15) is 0 Å². The molecule has 2 aromatic carbocycles. The first kappa shape index (κ1) is 24.6. The molecule has 1 unspecified atom stereocenters. The summed E-state index contributed by atoms with van der Waals surface area (Å²) in [6.07, 6.45) is 6.73. The van der Waals surface area contributed by atoms with E-state index < -0.39 is 6.10 Å². The van der Waals surface area contributed by atoms with E-state index in [-0.39, 0.29) is 24.3 Å². The van der Waals surface area contributed by atoms with Gasteiger partial charge >= 0.3 is 0 Å². The number of aliphatic hydroxyl groups excluding tert-OH is 1. The molecule has 3 aliphatic rings. The maximum atomic E-state index is 13.2. The Morgan fingerprint density at radius 2 is 1.97 bits per heavy atom. The Bertz CT molecular complexity index is 1170. The van der Waals surface area contributed by atoms with Crippen molar-refractivity contribution >= 4 is 35.5 Å². The highest BCUT2D eigenvalue weighted by Crippen LogP contribution is 2.43. The number of hydrogen-bond acceptors (Lipinski definition) is 4. The van der Waals surface area contributed by atoms with Crippen LogP contribution in [0.4, 0.5) is 4.39 Å². The molecule has 4 nitrogen and oxygen atoms in total. The maximum absolute atomic E-state index is 13.2. The summed E-state index contributed by atoms with van der Waals surface area (Å²) in [7, 11) is 1.65. The molecule has 3 aromatic rings. The van der Waals surface area contributed by atoms with E-state index in [0.717, 1.165) is 58.9 Å². The number of aliphatic hydroxyl groups is 1. The minimum Gasteiger partial charge on any atom is -0.497 e. The fourth-order valence-electron chi connectivity index (χ4n) is 5.64. The van der Waals surface area contributed by atoms with Gasteiger partial charge in [0.25, 0.3) is 0 Å². The smallest absolute Gasteiger partial charge is 0.123 e. The van der Waals surface area contributed by atoms with Gasteiger partial charge in [-0.1, -0.05) is 31.6 Å². The highest BCUT2D eigenvalue weighted by molar-refractivity contribution is 5.86. The molecule has 6 heteroatoms. The van der Waals surface area contributed by atoms with Gasteiger partial charge in [0.05, 0.1) is 24.4 Å². The summed E-state index contributed by atoms with van der Waals surface area (Å²) < 4.78 is 18.7. The molecule has 0 radical (unpaired) electrons. The number of rotatable bonds is 6. The Labute approximate surface area is 206 Å². The van der Waals surface area contributed by atoms with Crippen molar-refractivity contribution in [1.82, 2.24) is 9.88 Å². The highest BCUT2D eigenvalue weighted by Gasteiger charge is 2.42. The van der Waals surface area contributed by atoms with Crippen LogP contribution in [0, 0.1) is 17.7 Å². The van der Waals surface area contributed by atoms with E-state index in [4.69, 9.17) is 9.72 Å². The number of methoxy groups -OCH3 is 1. The van der Waals surface area contributed by atoms with Crippen molar-refractivity contribution in [2.75, 3.05) is 20.2 Å². The summed E-state index contributed by atoms with van der Waals surface area (Å²) >= 11 is 0. The van der Waals surface area contributed by atoms with Crippen LogP contribution in [0.25, 0.3) is 23.1 Å². The first-order valence-corrected chi connectivity index (χ1v) is 11.9. The second kappa shape index (κ2) is 10.4. The molecular formula is C28H32ClFN2O2. The predicted molar refractivity (Wildman–Crippen MR) is 138 cm³/mol. The van der Waals surface area contributed by atoms with Crippen molar-refractivity contribution in [3.8, 4) is 5.75 Å². The number of nitrogens with zero attached hydrogens (tertiary/aromatic N) is 2. The Morgan fingerprint density at radius 3 is 2.65 bits per heavy atom. The molecule has 3 fully saturated rings. The van der Waals surface area contributed by atoms with Gasteiger partial charge in [0.2, 0.25) is 0 Å². The minimum atomic E-state index is -0.596. The third-order valence-corrected chi connectivity index (χ3v) is 7.53. The summed E-state index contributed by atoms with van der Waals surface area (Å²) in [4.78, 5) is 7.29. The van der Waals surface area contributed by atoms with Crippen LogP contribution < -0.4 is 4.74 Å². The first-order valence-electron chi connectivity index (χ1n) is 11.9. The van der Waals surface area contributed by atoms with E-state index in [9.17, 15) is 9.50 Å². The molecule has 0 spiro atoms. The monoisotopic (exact) mass is 482 g/mol. The van der Waals surface area contributed by atoms with Gasteiger partial charge in [-0.25, -0.2) is 9.37 Å². The zero-order chi connectivity index (χ0) is 22.9. The fraction of sp³-hybridized carbons (Fsp3) is 0.393. The third-order valence-electron chi connectivity index (χ3n) is 7.53. The van der Waals surface area contributed by atoms with Crippen LogP contribution in [0.15, 0.2) is 48.5 Å². The number of pyridine rings is 1. The molecule has 4 heterocycles. The van der Waals surface area contributed by atoms with Gasteiger partial charge < -0.3 is 9.84 Å². The Kier molecular flexibility index (Phi) is 7.56. The predicted octanol–water partition coefficient (Wildman–Crippen LogP) is 6.13. The van der Waals surface area contributed by atoms with E-state index in [0.29, 0.717) is 5.92 Å². The lowest BCUT2D eigenvalue weighted by Crippen LogP contribution is -2.55. The van der Waals surface area contributed by atoms with E-state index in [1.807, 2.05) is 36.4 Å². The molecule has 3 aliphatic heterocycles. The topological polar surface area (TPSA) is 45.6 Å². The molecule has 1 N–H and O–H groups in total. The quantitative estimate of drug-likeness (QED) is 0.459. The van der Waals surface area contributed by atoms with Crippen LogP contribution >= 0.6 is 12.4 Å².